The fourth-order valence-corrected chi connectivity index (χ4v) is 3.36. The summed E-state index contributed by atoms with van der Waals surface area (Å²) in [5.74, 6) is -2.97. The number of carbonyl (C=O) groups is 5. The zero-order valence-electron chi connectivity index (χ0n) is 24.8. The highest BCUT2D eigenvalue weighted by molar-refractivity contribution is 5.89. The van der Waals surface area contributed by atoms with Gasteiger partial charge in [-0.15, -0.1) is 0 Å². The number of ether oxygens (including phenoxy) is 4. The molecule has 0 aliphatic carbocycles. The van der Waals surface area contributed by atoms with Gasteiger partial charge in [0.15, 0.2) is 0 Å². The molecule has 1 unspecified atom stereocenters. The average molecular weight is 566 g/mol. The molecule has 0 saturated heterocycles. The summed E-state index contributed by atoms with van der Waals surface area (Å²) >= 11 is 0. The van der Waals surface area contributed by atoms with E-state index in [0.29, 0.717) is 5.56 Å². The standard InChI is InChI=1S/C28H43N3O9/c1-17(2)21(31-26(36)40-28(6,7)8)22(23(33)29-16-20(32)37-9)38-24(34)19(15-18-13-11-10-12-14-18)30-25(35)39-27(3,4)5/h10-14,17,19,21-22H,15-16H2,1-9H3,(H,29,33)(H,30,35)(H,31,36)/t19-,21-,22?/m0/s1. The third-order valence-electron chi connectivity index (χ3n) is 5.12. The molecule has 0 radical (unpaired) electrons. The van der Waals surface area contributed by atoms with Crippen LogP contribution in [0.15, 0.2) is 30.3 Å². The molecule has 0 aromatic heterocycles. The first-order valence-electron chi connectivity index (χ1n) is 13.0. The number of nitrogens with one attached hydrogen (secondary N) is 3. The van der Waals surface area contributed by atoms with Crippen LogP contribution < -0.4 is 16.0 Å². The van der Waals surface area contributed by atoms with E-state index in [1.165, 1.54) is 0 Å². The first-order chi connectivity index (χ1) is 18.4. The Hall–Kier alpha value is -3.83. The molecule has 3 N–H and O–H groups in total. The second-order valence-electron chi connectivity index (χ2n) is 11.5. The van der Waals surface area contributed by atoms with Gasteiger partial charge in [-0.05, 0) is 53.0 Å². The second kappa shape index (κ2) is 15.1. The average Bonchev–Trinajstić information content (AvgIpc) is 2.82. The van der Waals surface area contributed by atoms with Crippen LogP contribution in [0.25, 0.3) is 0 Å². The summed E-state index contributed by atoms with van der Waals surface area (Å²) in [6.07, 6.45) is -3.25. The van der Waals surface area contributed by atoms with Gasteiger partial charge in [-0.25, -0.2) is 14.4 Å². The smallest absolute Gasteiger partial charge is 0.408 e. The maximum absolute atomic E-state index is 13.5. The molecule has 0 bridgehead atoms. The molecule has 1 aromatic rings. The van der Waals surface area contributed by atoms with E-state index < -0.39 is 71.9 Å². The van der Waals surface area contributed by atoms with Crippen LogP contribution in [-0.2, 0) is 39.8 Å². The summed E-state index contributed by atoms with van der Waals surface area (Å²) in [5, 5.41) is 7.47. The Morgan fingerprint density at radius 3 is 1.82 bits per heavy atom. The number of benzene rings is 1. The molecule has 12 heteroatoms. The van der Waals surface area contributed by atoms with Crippen molar-refractivity contribution in [2.75, 3.05) is 13.7 Å². The Morgan fingerprint density at radius 2 is 1.35 bits per heavy atom. The van der Waals surface area contributed by atoms with Gasteiger partial charge in [0.05, 0.1) is 13.2 Å². The first-order valence-corrected chi connectivity index (χ1v) is 13.0. The van der Waals surface area contributed by atoms with Gasteiger partial charge < -0.3 is 34.9 Å². The normalized spacial score (nSPS) is 13.8. The number of esters is 2. The number of rotatable bonds is 11. The lowest BCUT2D eigenvalue weighted by atomic mass is 9.97. The van der Waals surface area contributed by atoms with Gasteiger partial charge in [0.2, 0.25) is 6.10 Å². The zero-order chi connectivity index (χ0) is 30.7. The summed E-state index contributed by atoms with van der Waals surface area (Å²) in [5.41, 5.74) is -0.954. The molecule has 0 aliphatic heterocycles. The topological polar surface area (TPSA) is 158 Å². The van der Waals surface area contributed by atoms with Crippen molar-refractivity contribution in [1.82, 2.24) is 16.0 Å². The molecule has 1 rings (SSSR count). The van der Waals surface area contributed by atoms with Gasteiger partial charge in [0.1, 0.15) is 23.8 Å². The summed E-state index contributed by atoms with van der Waals surface area (Å²) in [6, 6.07) is 6.56. The minimum Gasteiger partial charge on any atom is -0.468 e. The molecule has 0 heterocycles. The van der Waals surface area contributed by atoms with E-state index in [2.05, 4.69) is 20.7 Å². The number of hydrogen-bond acceptors (Lipinski definition) is 9. The molecule has 0 saturated carbocycles. The maximum atomic E-state index is 13.5. The Kier molecular flexibility index (Phi) is 12.9. The van der Waals surface area contributed by atoms with Gasteiger partial charge in [0.25, 0.3) is 5.91 Å². The quantitative estimate of drug-likeness (QED) is 0.271. The van der Waals surface area contributed by atoms with Crippen molar-refractivity contribution in [2.45, 2.75) is 91.2 Å². The number of methoxy groups -OCH3 is 1. The number of amides is 3. The van der Waals surface area contributed by atoms with Gasteiger partial charge in [-0.3, -0.25) is 9.59 Å². The fraction of sp³-hybridized carbons (Fsp3) is 0.607. The van der Waals surface area contributed by atoms with Gasteiger partial charge in [-0.1, -0.05) is 44.2 Å². The largest absolute Gasteiger partial charge is 0.468 e. The van der Waals surface area contributed by atoms with Crippen LogP contribution in [0.1, 0.15) is 61.0 Å². The first kappa shape index (κ1) is 34.2. The van der Waals surface area contributed by atoms with Crippen LogP contribution in [0.4, 0.5) is 9.59 Å². The monoisotopic (exact) mass is 565 g/mol. The summed E-state index contributed by atoms with van der Waals surface area (Å²) in [7, 11) is 1.16. The summed E-state index contributed by atoms with van der Waals surface area (Å²) in [6.45, 7) is 13.0. The lowest BCUT2D eigenvalue weighted by molar-refractivity contribution is -0.161. The van der Waals surface area contributed by atoms with E-state index in [1.807, 2.05) is 0 Å². The lowest BCUT2D eigenvalue weighted by Crippen LogP contribution is -2.57. The molecule has 0 aliphatic rings. The van der Waals surface area contributed by atoms with E-state index in [0.717, 1.165) is 7.11 Å². The van der Waals surface area contributed by atoms with E-state index in [4.69, 9.17) is 14.2 Å². The maximum Gasteiger partial charge on any atom is 0.408 e. The highest BCUT2D eigenvalue weighted by Gasteiger charge is 2.38. The van der Waals surface area contributed by atoms with Crippen LogP contribution in [0, 0.1) is 5.92 Å². The van der Waals surface area contributed by atoms with Gasteiger partial charge >= 0.3 is 24.1 Å². The Morgan fingerprint density at radius 1 is 0.825 bits per heavy atom. The van der Waals surface area contributed by atoms with E-state index in [-0.39, 0.29) is 6.42 Å². The molecule has 3 atom stereocenters. The predicted molar refractivity (Wildman–Crippen MR) is 146 cm³/mol. The summed E-state index contributed by atoms with van der Waals surface area (Å²) < 4.78 is 20.9. The minimum absolute atomic E-state index is 0.0290. The predicted octanol–water partition coefficient (Wildman–Crippen LogP) is 2.87. The van der Waals surface area contributed by atoms with Crippen molar-refractivity contribution < 1.29 is 42.9 Å². The molecular formula is C28H43N3O9. The van der Waals surface area contributed by atoms with E-state index in [1.54, 1.807) is 85.7 Å². The Labute approximate surface area is 235 Å². The van der Waals surface area contributed by atoms with Crippen LogP contribution >= 0.6 is 0 Å². The van der Waals surface area contributed by atoms with Crippen LogP contribution in [-0.4, -0.2) is 73.1 Å². The van der Waals surface area contributed by atoms with Crippen molar-refractivity contribution in [1.29, 1.82) is 0 Å². The molecule has 224 valence electrons. The lowest BCUT2D eigenvalue weighted by Gasteiger charge is -2.32. The van der Waals surface area contributed by atoms with Crippen LogP contribution in [0.3, 0.4) is 0 Å². The van der Waals surface area contributed by atoms with Crippen molar-refractivity contribution in [2.24, 2.45) is 5.92 Å². The molecule has 12 nitrogen and oxygen atoms in total. The minimum atomic E-state index is -1.59. The highest BCUT2D eigenvalue weighted by atomic mass is 16.6. The van der Waals surface area contributed by atoms with Crippen molar-refractivity contribution >= 4 is 30.0 Å². The van der Waals surface area contributed by atoms with Gasteiger partial charge in [-0.2, -0.15) is 0 Å². The SMILES string of the molecule is COC(=O)CNC(=O)C(OC(=O)[C@H](Cc1ccccc1)NC(=O)OC(C)(C)C)[C@@H](NC(=O)OC(C)(C)C)C(C)C. The number of carbonyl (C=O) groups excluding carboxylic acids is 5. The molecule has 1 aromatic carbocycles. The zero-order valence-corrected chi connectivity index (χ0v) is 24.8. The third kappa shape index (κ3) is 13.3. The molecule has 40 heavy (non-hydrogen) atoms. The molecular weight excluding hydrogens is 522 g/mol. The Bertz CT molecular complexity index is 1010. The van der Waals surface area contributed by atoms with E-state index in [9.17, 15) is 24.0 Å². The third-order valence-corrected chi connectivity index (χ3v) is 5.12. The number of hydrogen-bond donors (Lipinski definition) is 3. The van der Waals surface area contributed by atoms with E-state index >= 15 is 0 Å². The van der Waals surface area contributed by atoms with Crippen molar-refractivity contribution in [3.8, 4) is 0 Å². The van der Waals surface area contributed by atoms with Crippen molar-refractivity contribution in [3.05, 3.63) is 35.9 Å². The summed E-state index contributed by atoms with van der Waals surface area (Å²) in [4.78, 5) is 63.5. The molecule has 0 spiro atoms. The fourth-order valence-electron chi connectivity index (χ4n) is 3.36. The highest BCUT2D eigenvalue weighted by Crippen LogP contribution is 2.16. The van der Waals surface area contributed by atoms with Crippen molar-refractivity contribution in [3.63, 3.8) is 0 Å². The van der Waals surface area contributed by atoms with Gasteiger partial charge in [0, 0.05) is 6.42 Å². The van der Waals surface area contributed by atoms with Crippen LogP contribution in [0.2, 0.25) is 0 Å². The second-order valence-corrected chi connectivity index (χ2v) is 11.5. The Balaban J connectivity index is 3.33. The molecule has 3 amide bonds. The van der Waals surface area contributed by atoms with Crippen LogP contribution in [0.5, 0.6) is 0 Å². The molecule has 0 fully saturated rings. The number of alkyl carbamates (subject to hydrolysis) is 2.